The summed E-state index contributed by atoms with van der Waals surface area (Å²) in [6.45, 7) is 0. The highest BCUT2D eigenvalue weighted by Crippen LogP contribution is 2.63. The zero-order chi connectivity index (χ0) is 34.0. The van der Waals surface area contributed by atoms with E-state index in [1.165, 1.54) is 88.2 Å². The Morgan fingerprint density at radius 3 is 1.77 bits per heavy atom. The van der Waals surface area contributed by atoms with E-state index < -0.39 is 0 Å². The number of hydrogen-bond donors (Lipinski definition) is 0. The van der Waals surface area contributed by atoms with Crippen LogP contribution in [0.15, 0.2) is 182 Å². The van der Waals surface area contributed by atoms with Gasteiger partial charge in [0.25, 0.3) is 0 Å². The topological polar surface area (TPSA) is 17.8 Å². The summed E-state index contributed by atoms with van der Waals surface area (Å²) in [5.41, 5.74) is 17.4. The molecule has 2 aliphatic carbocycles. The molecule has 240 valence electrons. The Hall–Kier alpha value is -6.77. The molecule has 2 aliphatic rings. The molecule has 2 aromatic heterocycles. The van der Waals surface area contributed by atoms with E-state index in [0.29, 0.717) is 0 Å². The highest BCUT2D eigenvalue weighted by atomic mass is 15.0. The average molecular weight is 659 g/mol. The Kier molecular flexibility index (Phi) is 5.46. The largest absolute Gasteiger partial charge is 0.309 e. The first kappa shape index (κ1) is 28.0. The van der Waals surface area contributed by atoms with Crippen molar-refractivity contribution in [3.63, 3.8) is 0 Å². The van der Waals surface area contributed by atoms with Gasteiger partial charge in [-0.05, 0) is 97.4 Å². The number of para-hydroxylation sites is 1. The van der Waals surface area contributed by atoms with Crippen LogP contribution in [-0.2, 0) is 5.41 Å². The van der Waals surface area contributed by atoms with E-state index >= 15 is 0 Å². The number of nitrogens with zero attached hydrogens (tertiary/aromatic N) is 2. The second-order valence-corrected chi connectivity index (χ2v) is 14.2. The van der Waals surface area contributed by atoms with Gasteiger partial charge in [0.05, 0.1) is 27.7 Å². The first-order valence-electron chi connectivity index (χ1n) is 18.0. The third-order valence-electron chi connectivity index (χ3n) is 11.8. The summed E-state index contributed by atoms with van der Waals surface area (Å²) >= 11 is 0. The predicted octanol–water partition coefficient (Wildman–Crippen LogP) is 12.5. The highest BCUT2D eigenvalue weighted by molar-refractivity contribution is 6.15. The lowest BCUT2D eigenvalue weighted by atomic mass is 9.70. The molecule has 0 saturated heterocycles. The van der Waals surface area contributed by atoms with Gasteiger partial charge in [-0.1, -0.05) is 140 Å². The lowest BCUT2D eigenvalue weighted by Gasteiger charge is -2.30. The minimum atomic E-state index is -0.361. The van der Waals surface area contributed by atoms with E-state index in [-0.39, 0.29) is 5.41 Å². The third-order valence-corrected chi connectivity index (χ3v) is 11.8. The van der Waals surface area contributed by atoms with Gasteiger partial charge in [-0.3, -0.25) is 4.98 Å². The van der Waals surface area contributed by atoms with Gasteiger partial charge in [-0.25, -0.2) is 0 Å². The van der Waals surface area contributed by atoms with Crippen molar-refractivity contribution in [3.8, 4) is 39.1 Å². The lowest BCUT2D eigenvalue weighted by molar-refractivity contribution is 0.794. The first-order valence-corrected chi connectivity index (χ1v) is 18.0. The third kappa shape index (κ3) is 3.46. The molecule has 12 rings (SSSR count). The standard InChI is InChI=1S/C50H30N2/c1-5-17-41-35(13-1)36-14-2-6-18-42(36)50(41)43-19-7-3-15-37(43)38-26-24-34(30-44(38)50)33-25-27-46-40(29-33)39-16-4-8-20-45(39)52(46)47-21-9-11-31-22-23-32-12-10-28-51-49(32)48(31)47/h1-30H. The zero-order valence-electron chi connectivity index (χ0n) is 28.2. The minimum absolute atomic E-state index is 0.361. The summed E-state index contributed by atoms with van der Waals surface area (Å²) in [6, 6.07) is 65.3. The maximum Gasteiger partial charge on any atom is 0.0801 e. The van der Waals surface area contributed by atoms with Crippen LogP contribution in [0.25, 0.3) is 82.5 Å². The van der Waals surface area contributed by atoms with Gasteiger partial charge in [0.1, 0.15) is 0 Å². The number of fused-ring (bicyclic) bond motifs is 16. The van der Waals surface area contributed by atoms with Gasteiger partial charge in [0.15, 0.2) is 0 Å². The van der Waals surface area contributed by atoms with Crippen LogP contribution in [0.3, 0.4) is 0 Å². The predicted molar refractivity (Wildman–Crippen MR) is 215 cm³/mol. The molecule has 10 aromatic rings. The fraction of sp³-hybridized carbons (Fsp3) is 0.0200. The zero-order valence-corrected chi connectivity index (χ0v) is 28.2. The summed E-state index contributed by atoms with van der Waals surface area (Å²) in [5.74, 6) is 0. The summed E-state index contributed by atoms with van der Waals surface area (Å²) in [4.78, 5) is 4.88. The number of benzene rings is 8. The van der Waals surface area contributed by atoms with Crippen LogP contribution in [0.1, 0.15) is 22.3 Å². The van der Waals surface area contributed by atoms with Crippen LogP contribution in [-0.4, -0.2) is 9.55 Å². The fourth-order valence-electron chi connectivity index (χ4n) is 9.77. The van der Waals surface area contributed by atoms with Crippen molar-refractivity contribution in [1.29, 1.82) is 0 Å². The molecule has 1 spiro atoms. The molecule has 0 saturated carbocycles. The molecule has 0 unspecified atom stereocenters. The molecule has 0 radical (unpaired) electrons. The van der Waals surface area contributed by atoms with Crippen molar-refractivity contribution < 1.29 is 0 Å². The van der Waals surface area contributed by atoms with Crippen molar-refractivity contribution in [1.82, 2.24) is 9.55 Å². The van der Waals surface area contributed by atoms with Gasteiger partial charge >= 0.3 is 0 Å². The molecule has 52 heavy (non-hydrogen) atoms. The van der Waals surface area contributed by atoms with E-state index in [2.05, 4.69) is 174 Å². The van der Waals surface area contributed by atoms with Crippen molar-refractivity contribution in [3.05, 3.63) is 204 Å². The van der Waals surface area contributed by atoms with Crippen molar-refractivity contribution in [2.45, 2.75) is 5.41 Å². The smallest absolute Gasteiger partial charge is 0.0801 e. The van der Waals surface area contributed by atoms with Crippen molar-refractivity contribution in [2.24, 2.45) is 0 Å². The Morgan fingerprint density at radius 1 is 0.404 bits per heavy atom. The van der Waals surface area contributed by atoms with E-state index in [9.17, 15) is 0 Å². The Morgan fingerprint density at radius 2 is 1.00 bits per heavy atom. The maximum atomic E-state index is 4.88. The molecular weight excluding hydrogens is 629 g/mol. The lowest BCUT2D eigenvalue weighted by Crippen LogP contribution is -2.25. The fourth-order valence-corrected chi connectivity index (χ4v) is 9.77. The molecule has 0 aliphatic heterocycles. The Balaban J connectivity index is 1.11. The van der Waals surface area contributed by atoms with Crippen molar-refractivity contribution in [2.75, 3.05) is 0 Å². The number of pyridine rings is 1. The van der Waals surface area contributed by atoms with Crippen LogP contribution in [0.5, 0.6) is 0 Å². The van der Waals surface area contributed by atoms with E-state index in [4.69, 9.17) is 4.98 Å². The molecule has 0 N–H and O–H groups in total. The maximum absolute atomic E-state index is 4.88. The molecule has 0 bridgehead atoms. The monoisotopic (exact) mass is 658 g/mol. The number of aromatic nitrogens is 2. The quantitative estimate of drug-likeness (QED) is 0.169. The van der Waals surface area contributed by atoms with E-state index in [1.807, 2.05) is 12.3 Å². The summed E-state index contributed by atoms with van der Waals surface area (Å²) in [6.07, 6.45) is 1.90. The number of hydrogen-bond acceptors (Lipinski definition) is 1. The van der Waals surface area contributed by atoms with Gasteiger partial charge < -0.3 is 4.57 Å². The Bertz CT molecular complexity index is 3080. The van der Waals surface area contributed by atoms with Gasteiger partial charge in [0, 0.05) is 27.7 Å². The van der Waals surface area contributed by atoms with Crippen LogP contribution in [0.2, 0.25) is 0 Å². The normalized spacial score (nSPS) is 13.5. The number of rotatable bonds is 2. The SMILES string of the molecule is c1ccc2c(c1)-c1ccccc1C21c2ccccc2-c2ccc(-c3ccc4c(c3)c3ccccc3n4-c3cccc4ccc5cccnc5c34)cc21. The van der Waals surface area contributed by atoms with Crippen LogP contribution < -0.4 is 0 Å². The second-order valence-electron chi connectivity index (χ2n) is 14.2. The molecule has 0 amide bonds. The molecule has 8 aromatic carbocycles. The summed E-state index contributed by atoms with van der Waals surface area (Å²) < 4.78 is 2.44. The van der Waals surface area contributed by atoms with Crippen LogP contribution in [0, 0.1) is 0 Å². The molecule has 2 heteroatoms. The van der Waals surface area contributed by atoms with E-state index in [1.54, 1.807) is 0 Å². The van der Waals surface area contributed by atoms with Gasteiger partial charge in [-0.2, -0.15) is 0 Å². The summed E-state index contributed by atoms with van der Waals surface area (Å²) in [7, 11) is 0. The molecular formula is C50H30N2. The van der Waals surface area contributed by atoms with E-state index in [0.717, 1.165) is 16.6 Å². The second kappa shape index (κ2) is 10.2. The minimum Gasteiger partial charge on any atom is -0.309 e. The highest BCUT2D eigenvalue weighted by Gasteiger charge is 2.51. The Labute approximate surface area is 300 Å². The summed E-state index contributed by atoms with van der Waals surface area (Å²) in [5, 5.41) is 6.00. The van der Waals surface area contributed by atoms with Gasteiger partial charge in [-0.15, -0.1) is 0 Å². The van der Waals surface area contributed by atoms with Gasteiger partial charge in [0.2, 0.25) is 0 Å². The first-order chi connectivity index (χ1) is 25.8. The van der Waals surface area contributed by atoms with Crippen molar-refractivity contribution >= 4 is 43.5 Å². The molecule has 2 heterocycles. The molecule has 2 nitrogen and oxygen atoms in total. The van der Waals surface area contributed by atoms with Crippen LogP contribution in [0.4, 0.5) is 0 Å². The average Bonchev–Trinajstić information content (AvgIpc) is 3.82. The molecule has 0 fully saturated rings. The van der Waals surface area contributed by atoms with Crippen LogP contribution >= 0.6 is 0 Å². The molecule has 0 atom stereocenters.